The molecule has 22 heavy (non-hydrogen) atoms. The Hall–Kier alpha value is -1.21. The van der Waals surface area contributed by atoms with E-state index in [1.807, 2.05) is 0 Å². The Bertz CT molecular complexity index is 554. The third kappa shape index (κ3) is 3.41. The van der Waals surface area contributed by atoms with Gasteiger partial charge in [-0.3, -0.25) is 14.5 Å². The quantitative estimate of drug-likeness (QED) is 0.439. The minimum absolute atomic E-state index is 0.0413. The van der Waals surface area contributed by atoms with Crippen LogP contribution < -0.4 is 0 Å². The average molecular weight is 348 g/mol. The van der Waals surface area contributed by atoms with E-state index in [9.17, 15) is 14.4 Å². The van der Waals surface area contributed by atoms with Gasteiger partial charge in [-0.05, 0) is 20.8 Å². The van der Waals surface area contributed by atoms with E-state index in [-0.39, 0.29) is 23.6 Å². The van der Waals surface area contributed by atoms with Gasteiger partial charge in [0.05, 0.1) is 0 Å². The van der Waals surface area contributed by atoms with Crippen molar-refractivity contribution in [2.24, 2.45) is 0 Å². The van der Waals surface area contributed by atoms with Crippen LogP contribution in [0.2, 0.25) is 0 Å². The van der Waals surface area contributed by atoms with Crippen molar-refractivity contribution in [2.75, 3.05) is 12.4 Å². The van der Waals surface area contributed by atoms with E-state index in [1.165, 1.54) is 23.6 Å². The maximum atomic E-state index is 12.4. The van der Waals surface area contributed by atoms with Crippen LogP contribution in [0.3, 0.4) is 0 Å². The molecular formula is C14H18ClNO5S. The maximum absolute atomic E-state index is 12.4. The number of rotatable bonds is 3. The molecule has 0 N–H and O–H groups in total. The second kappa shape index (κ2) is 6.12. The number of fused-ring (bicyclic) bond motifs is 1. The second-order valence-corrected chi connectivity index (χ2v) is 7.62. The van der Waals surface area contributed by atoms with Crippen LogP contribution in [0, 0.1) is 0 Å². The van der Waals surface area contributed by atoms with Crippen LogP contribution in [0.25, 0.3) is 0 Å². The number of esters is 2. The number of hydrogen-bond donors (Lipinski definition) is 0. The zero-order valence-electron chi connectivity index (χ0n) is 12.8. The molecule has 0 spiro atoms. The van der Waals surface area contributed by atoms with Crippen molar-refractivity contribution in [3.63, 3.8) is 0 Å². The molecule has 0 aliphatic carbocycles. The van der Waals surface area contributed by atoms with Gasteiger partial charge in [-0.2, -0.15) is 0 Å². The molecule has 0 aromatic carbocycles. The lowest BCUT2D eigenvalue weighted by atomic mass is 10.1. The summed E-state index contributed by atoms with van der Waals surface area (Å²) in [6.45, 7) is 6.48. The van der Waals surface area contributed by atoms with Crippen molar-refractivity contribution in [1.29, 1.82) is 0 Å². The van der Waals surface area contributed by atoms with Gasteiger partial charge < -0.3 is 9.47 Å². The summed E-state index contributed by atoms with van der Waals surface area (Å²) in [7, 11) is 0. The molecule has 6 nitrogen and oxygen atoms in total. The lowest BCUT2D eigenvalue weighted by Gasteiger charge is -2.47. The Morgan fingerprint density at radius 2 is 2.05 bits per heavy atom. The smallest absolute Gasteiger partial charge is 0.355 e. The summed E-state index contributed by atoms with van der Waals surface area (Å²) in [6.07, 6.45) is 0. The summed E-state index contributed by atoms with van der Waals surface area (Å²) in [5.41, 5.74) is 0.0230. The van der Waals surface area contributed by atoms with Crippen LogP contribution in [0.1, 0.15) is 27.7 Å². The molecule has 0 aromatic rings. The van der Waals surface area contributed by atoms with Crippen molar-refractivity contribution < 1.29 is 23.9 Å². The van der Waals surface area contributed by atoms with Crippen LogP contribution in [-0.2, 0) is 23.9 Å². The fourth-order valence-corrected chi connectivity index (χ4v) is 3.79. The number of ether oxygens (including phenoxy) is 2. The SMILES string of the molecule is CC(=O)OCC1=C(C(=O)OC(C)(C)C)N2C(=O)[C@H](Cl)[C@@H]2SC1. The van der Waals surface area contributed by atoms with Gasteiger partial charge in [-0.25, -0.2) is 4.79 Å². The van der Waals surface area contributed by atoms with Crippen LogP contribution in [0.15, 0.2) is 11.3 Å². The number of amides is 1. The van der Waals surface area contributed by atoms with Crippen molar-refractivity contribution in [2.45, 2.75) is 44.0 Å². The van der Waals surface area contributed by atoms with E-state index in [0.29, 0.717) is 11.3 Å². The molecule has 0 bridgehead atoms. The molecule has 0 radical (unpaired) electrons. The number of hydrogen-bond acceptors (Lipinski definition) is 6. The Morgan fingerprint density at radius 1 is 1.41 bits per heavy atom. The Kier molecular flexibility index (Phi) is 4.77. The molecule has 0 aromatic heterocycles. The standard InChI is InChI=1S/C14H18ClNO5S/c1-7(17)20-5-8-6-22-12-9(15)11(18)16(12)10(8)13(19)21-14(2,3)4/h9,12H,5-6H2,1-4H3/t9-,12-/m0/s1. The monoisotopic (exact) mass is 347 g/mol. The van der Waals surface area contributed by atoms with Gasteiger partial charge in [-0.15, -0.1) is 23.4 Å². The van der Waals surface area contributed by atoms with Crippen LogP contribution in [0.5, 0.6) is 0 Å². The predicted molar refractivity (Wildman–Crippen MR) is 82.2 cm³/mol. The van der Waals surface area contributed by atoms with Crippen molar-refractivity contribution >= 4 is 41.2 Å². The van der Waals surface area contributed by atoms with Crippen molar-refractivity contribution in [3.8, 4) is 0 Å². The van der Waals surface area contributed by atoms with Gasteiger partial charge in [0.2, 0.25) is 5.91 Å². The summed E-state index contributed by atoms with van der Waals surface area (Å²) in [5, 5.41) is -0.921. The van der Waals surface area contributed by atoms with Gasteiger partial charge in [0.25, 0.3) is 0 Å². The zero-order valence-corrected chi connectivity index (χ0v) is 14.4. The molecule has 2 heterocycles. The van der Waals surface area contributed by atoms with Gasteiger partial charge >= 0.3 is 11.9 Å². The first-order chi connectivity index (χ1) is 10.1. The molecule has 2 aliphatic heterocycles. The van der Waals surface area contributed by atoms with E-state index in [2.05, 4.69) is 0 Å². The number of alkyl halides is 1. The van der Waals surface area contributed by atoms with Crippen LogP contribution in [0.4, 0.5) is 0 Å². The molecule has 0 unspecified atom stereocenters. The Morgan fingerprint density at radius 3 is 2.59 bits per heavy atom. The molecule has 2 rings (SSSR count). The van der Waals surface area contributed by atoms with Crippen LogP contribution >= 0.6 is 23.4 Å². The number of β-lactam (4-membered cyclic amide) rings is 1. The molecular weight excluding hydrogens is 330 g/mol. The van der Waals surface area contributed by atoms with E-state index >= 15 is 0 Å². The van der Waals surface area contributed by atoms with E-state index < -0.39 is 22.9 Å². The third-order valence-corrected chi connectivity index (χ3v) is 4.94. The van der Waals surface area contributed by atoms with E-state index in [1.54, 1.807) is 20.8 Å². The number of nitrogens with zero attached hydrogens (tertiary/aromatic N) is 1. The van der Waals surface area contributed by atoms with Crippen molar-refractivity contribution in [1.82, 2.24) is 4.90 Å². The maximum Gasteiger partial charge on any atom is 0.355 e. The normalized spacial score (nSPS) is 24.6. The highest BCUT2D eigenvalue weighted by atomic mass is 35.5. The lowest BCUT2D eigenvalue weighted by Crippen LogP contribution is -2.63. The highest BCUT2D eigenvalue weighted by Crippen LogP contribution is 2.43. The summed E-state index contributed by atoms with van der Waals surface area (Å²) < 4.78 is 10.3. The highest BCUT2D eigenvalue weighted by molar-refractivity contribution is 8.00. The summed E-state index contributed by atoms with van der Waals surface area (Å²) in [4.78, 5) is 36.8. The fourth-order valence-electron chi connectivity index (χ4n) is 2.12. The number of carbonyl (C=O) groups is 3. The van der Waals surface area contributed by atoms with Gasteiger partial charge in [0, 0.05) is 18.2 Å². The Balaban J connectivity index is 2.30. The van der Waals surface area contributed by atoms with Gasteiger partial charge in [-0.1, -0.05) is 0 Å². The first-order valence-electron chi connectivity index (χ1n) is 6.79. The predicted octanol–water partition coefficient (Wildman–Crippen LogP) is 1.67. The summed E-state index contributed by atoms with van der Waals surface area (Å²) in [6, 6.07) is 0. The van der Waals surface area contributed by atoms with Gasteiger partial charge in [0.15, 0.2) is 0 Å². The average Bonchev–Trinajstić information content (AvgIpc) is 2.41. The molecule has 122 valence electrons. The topological polar surface area (TPSA) is 72.9 Å². The number of halogens is 1. The Labute approximate surface area is 138 Å². The van der Waals surface area contributed by atoms with E-state index in [4.69, 9.17) is 21.1 Å². The van der Waals surface area contributed by atoms with Crippen molar-refractivity contribution in [3.05, 3.63) is 11.3 Å². The van der Waals surface area contributed by atoms with Crippen LogP contribution in [-0.4, -0.2) is 51.5 Å². The molecule has 8 heteroatoms. The molecule has 2 aliphatic rings. The summed E-state index contributed by atoms with van der Waals surface area (Å²) >= 11 is 7.42. The number of thioether (sulfide) groups is 1. The largest absolute Gasteiger partial charge is 0.461 e. The first-order valence-corrected chi connectivity index (χ1v) is 8.28. The zero-order chi connectivity index (χ0) is 16.7. The highest BCUT2D eigenvalue weighted by Gasteiger charge is 2.53. The summed E-state index contributed by atoms with van der Waals surface area (Å²) in [5.74, 6) is -0.926. The molecule has 2 atom stereocenters. The van der Waals surface area contributed by atoms with E-state index in [0.717, 1.165) is 0 Å². The molecule has 1 amide bonds. The van der Waals surface area contributed by atoms with Gasteiger partial charge in [0.1, 0.15) is 28.7 Å². The molecule has 0 saturated carbocycles. The minimum Gasteiger partial charge on any atom is -0.461 e. The molecule has 1 fully saturated rings. The second-order valence-electron chi connectivity index (χ2n) is 6.05. The third-order valence-electron chi connectivity index (χ3n) is 3.02. The first kappa shape index (κ1) is 17.1. The number of carbonyl (C=O) groups excluding carboxylic acids is 3. The minimum atomic E-state index is -0.689. The molecule has 1 saturated heterocycles. The lowest BCUT2D eigenvalue weighted by molar-refractivity contribution is -0.157. The fraction of sp³-hybridized carbons (Fsp3) is 0.643.